The molecule has 1 amide bonds. The van der Waals surface area contributed by atoms with Gasteiger partial charge in [0, 0.05) is 23.5 Å². The van der Waals surface area contributed by atoms with Crippen LogP contribution in [0.3, 0.4) is 0 Å². The maximum atomic E-state index is 12.2. The summed E-state index contributed by atoms with van der Waals surface area (Å²) in [6, 6.07) is 8.99. The lowest BCUT2D eigenvalue weighted by molar-refractivity contribution is 0.102. The quantitative estimate of drug-likeness (QED) is 0.766. The summed E-state index contributed by atoms with van der Waals surface area (Å²) in [5.74, 6) is 0.291. The Morgan fingerprint density at radius 1 is 1.38 bits per heavy atom. The van der Waals surface area contributed by atoms with Crippen molar-refractivity contribution in [2.75, 3.05) is 5.32 Å². The summed E-state index contributed by atoms with van der Waals surface area (Å²) in [4.78, 5) is 12.2. The molecule has 0 aliphatic rings. The van der Waals surface area contributed by atoms with Gasteiger partial charge in [-0.2, -0.15) is 10.2 Å². The van der Waals surface area contributed by atoms with Crippen LogP contribution in [0.2, 0.25) is 0 Å². The van der Waals surface area contributed by atoms with E-state index in [0.29, 0.717) is 11.4 Å². The van der Waals surface area contributed by atoms with Gasteiger partial charge in [-0.3, -0.25) is 9.89 Å². The molecule has 0 aliphatic carbocycles. The van der Waals surface area contributed by atoms with Gasteiger partial charge in [0.1, 0.15) is 0 Å². The molecular formula is C14H12BrN5O. The molecular weight excluding hydrogens is 334 g/mol. The standard InChI is InChI=1S/C14H12BrN5O/c1-9-5-13(19-18-9)17-14(21)10-3-2-4-12(6-10)20-8-11(15)7-16-20/h2-8H,1H3,(H2,17,18,19,21). The first kappa shape index (κ1) is 13.6. The molecule has 21 heavy (non-hydrogen) atoms. The fraction of sp³-hybridized carbons (Fsp3) is 0.0714. The number of anilines is 1. The van der Waals surface area contributed by atoms with Crippen LogP contribution in [-0.4, -0.2) is 25.9 Å². The van der Waals surface area contributed by atoms with Crippen molar-refractivity contribution in [2.24, 2.45) is 0 Å². The Morgan fingerprint density at radius 2 is 2.24 bits per heavy atom. The third-order valence-corrected chi connectivity index (χ3v) is 3.28. The van der Waals surface area contributed by atoms with Crippen LogP contribution in [0.1, 0.15) is 16.1 Å². The fourth-order valence-corrected chi connectivity index (χ4v) is 2.19. The van der Waals surface area contributed by atoms with Crippen LogP contribution in [0, 0.1) is 6.92 Å². The summed E-state index contributed by atoms with van der Waals surface area (Å²) in [5.41, 5.74) is 2.24. The lowest BCUT2D eigenvalue weighted by Gasteiger charge is -2.05. The van der Waals surface area contributed by atoms with E-state index in [1.807, 2.05) is 25.3 Å². The number of carbonyl (C=O) groups excluding carboxylic acids is 1. The van der Waals surface area contributed by atoms with Crippen molar-refractivity contribution >= 4 is 27.7 Å². The second kappa shape index (κ2) is 5.53. The highest BCUT2D eigenvalue weighted by atomic mass is 79.9. The third kappa shape index (κ3) is 3.03. The van der Waals surface area contributed by atoms with E-state index in [4.69, 9.17) is 0 Å². The Hall–Kier alpha value is -2.41. The first-order chi connectivity index (χ1) is 10.1. The van der Waals surface area contributed by atoms with E-state index >= 15 is 0 Å². The van der Waals surface area contributed by atoms with Gasteiger partial charge in [-0.05, 0) is 41.1 Å². The second-order valence-corrected chi connectivity index (χ2v) is 5.46. The van der Waals surface area contributed by atoms with E-state index < -0.39 is 0 Å². The number of aromatic amines is 1. The molecule has 106 valence electrons. The van der Waals surface area contributed by atoms with Crippen molar-refractivity contribution in [2.45, 2.75) is 6.92 Å². The van der Waals surface area contributed by atoms with Crippen LogP contribution < -0.4 is 5.32 Å². The van der Waals surface area contributed by atoms with Crippen LogP contribution in [0.25, 0.3) is 5.69 Å². The van der Waals surface area contributed by atoms with Gasteiger partial charge in [-0.1, -0.05) is 6.07 Å². The van der Waals surface area contributed by atoms with Gasteiger partial charge in [-0.15, -0.1) is 0 Å². The number of rotatable bonds is 3. The molecule has 2 heterocycles. The summed E-state index contributed by atoms with van der Waals surface area (Å²) in [6.45, 7) is 1.87. The molecule has 2 N–H and O–H groups in total. The molecule has 0 atom stereocenters. The van der Waals surface area contributed by atoms with Crippen molar-refractivity contribution in [1.29, 1.82) is 0 Å². The fourth-order valence-electron chi connectivity index (χ4n) is 1.90. The molecule has 1 aromatic carbocycles. The summed E-state index contributed by atoms with van der Waals surface area (Å²) in [6.07, 6.45) is 3.52. The normalized spacial score (nSPS) is 10.6. The molecule has 3 rings (SSSR count). The molecule has 6 nitrogen and oxygen atoms in total. The molecule has 0 bridgehead atoms. The number of halogens is 1. The van der Waals surface area contributed by atoms with E-state index in [0.717, 1.165) is 15.9 Å². The molecule has 0 radical (unpaired) electrons. The number of aromatic nitrogens is 4. The van der Waals surface area contributed by atoms with E-state index in [1.54, 1.807) is 29.1 Å². The Labute approximate surface area is 129 Å². The SMILES string of the molecule is Cc1cc(NC(=O)c2cccc(-n3cc(Br)cn3)c2)n[nH]1. The van der Waals surface area contributed by atoms with Crippen molar-refractivity contribution in [3.05, 3.63) is 58.5 Å². The maximum Gasteiger partial charge on any atom is 0.256 e. The van der Waals surface area contributed by atoms with Crippen LogP contribution in [0.4, 0.5) is 5.82 Å². The molecule has 2 aromatic heterocycles. The minimum atomic E-state index is -0.213. The zero-order chi connectivity index (χ0) is 14.8. The molecule has 0 fully saturated rings. The first-order valence-corrected chi connectivity index (χ1v) is 7.05. The summed E-state index contributed by atoms with van der Waals surface area (Å²) >= 11 is 3.35. The van der Waals surface area contributed by atoms with Gasteiger partial charge in [-0.25, -0.2) is 4.68 Å². The number of benzene rings is 1. The van der Waals surface area contributed by atoms with Crippen molar-refractivity contribution in [3.8, 4) is 5.69 Å². The van der Waals surface area contributed by atoms with E-state index in [-0.39, 0.29) is 5.91 Å². The monoisotopic (exact) mass is 345 g/mol. The Balaban J connectivity index is 1.84. The number of hydrogen-bond acceptors (Lipinski definition) is 3. The highest BCUT2D eigenvalue weighted by molar-refractivity contribution is 9.10. The van der Waals surface area contributed by atoms with Crippen LogP contribution in [0.15, 0.2) is 47.2 Å². The molecule has 0 saturated carbocycles. The molecule has 0 unspecified atom stereocenters. The first-order valence-electron chi connectivity index (χ1n) is 6.26. The van der Waals surface area contributed by atoms with Crippen molar-refractivity contribution < 1.29 is 4.79 Å². The van der Waals surface area contributed by atoms with Gasteiger partial charge >= 0.3 is 0 Å². The predicted octanol–water partition coefficient (Wildman–Crippen LogP) is 2.92. The Morgan fingerprint density at radius 3 is 2.90 bits per heavy atom. The van der Waals surface area contributed by atoms with E-state index in [9.17, 15) is 4.79 Å². The second-order valence-electron chi connectivity index (χ2n) is 4.54. The Bertz CT molecular complexity index is 792. The average molecular weight is 346 g/mol. The van der Waals surface area contributed by atoms with Gasteiger partial charge in [0.25, 0.3) is 5.91 Å². The van der Waals surface area contributed by atoms with Crippen molar-refractivity contribution in [3.63, 3.8) is 0 Å². The zero-order valence-electron chi connectivity index (χ0n) is 11.2. The maximum absolute atomic E-state index is 12.2. The minimum Gasteiger partial charge on any atom is -0.305 e. The van der Waals surface area contributed by atoms with Crippen LogP contribution in [0.5, 0.6) is 0 Å². The van der Waals surface area contributed by atoms with Gasteiger partial charge in [0.15, 0.2) is 5.82 Å². The molecule has 7 heteroatoms. The number of nitrogens with one attached hydrogen (secondary N) is 2. The molecule has 0 spiro atoms. The smallest absolute Gasteiger partial charge is 0.256 e. The summed E-state index contributed by atoms with van der Waals surface area (Å²) in [7, 11) is 0. The summed E-state index contributed by atoms with van der Waals surface area (Å²) < 4.78 is 2.57. The lowest BCUT2D eigenvalue weighted by atomic mass is 10.2. The van der Waals surface area contributed by atoms with Crippen molar-refractivity contribution in [1.82, 2.24) is 20.0 Å². The molecule has 0 saturated heterocycles. The van der Waals surface area contributed by atoms with Crippen LogP contribution in [-0.2, 0) is 0 Å². The van der Waals surface area contributed by atoms with Gasteiger partial charge in [0.2, 0.25) is 0 Å². The largest absolute Gasteiger partial charge is 0.305 e. The number of aryl methyl sites for hydroxylation is 1. The minimum absolute atomic E-state index is 0.213. The number of hydrogen-bond donors (Lipinski definition) is 2. The highest BCUT2D eigenvalue weighted by Gasteiger charge is 2.09. The van der Waals surface area contributed by atoms with Crippen LogP contribution >= 0.6 is 15.9 Å². The van der Waals surface area contributed by atoms with Gasteiger partial charge in [0.05, 0.1) is 16.4 Å². The van der Waals surface area contributed by atoms with E-state index in [2.05, 4.69) is 36.5 Å². The van der Waals surface area contributed by atoms with Gasteiger partial charge < -0.3 is 5.32 Å². The molecule has 3 aromatic rings. The number of H-pyrrole nitrogens is 1. The number of carbonyl (C=O) groups is 1. The molecule has 0 aliphatic heterocycles. The lowest BCUT2D eigenvalue weighted by Crippen LogP contribution is -2.12. The Kier molecular flexibility index (Phi) is 3.57. The van der Waals surface area contributed by atoms with E-state index in [1.165, 1.54) is 0 Å². The predicted molar refractivity (Wildman–Crippen MR) is 82.5 cm³/mol. The number of amides is 1. The number of nitrogens with zero attached hydrogens (tertiary/aromatic N) is 3. The zero-order valence-corrected chi connectivity index (χ0v) is 12.8. The highest BCUT2D eigenvalue weighted by Crippen LogP contribution is 2.15. The third-order valence-electron chi connectivity index (χ3n) is 2.87. The average Bonchev–Trinajstić information content (AvgIpc) is 3.08. The topological polar surface area (TPSA) is 75.6 Å². The summed E-state index contributed by atoms with van der Waals surface area (Å²) in [5, 5.41) is 13.7.